The molecule has 0 aromatic carbocycles. The van der Waals surface area contributed by atoms with E-state index < -0.39 is 0 Å². The van der Waals surface area contributed by atoms with E-state index in [9.17, 15) is 0 Å². The molecule has 1 rings (SSSR count). The lowest BCUT2D eigenvalue weighted by molar-refractivity contribution is 0.195. The summed E-state index contributed by atoms with van der Waals surface area (Å²) in [6, 6.07) is 0.435. The third kappa shape index (κ3) is 3.61. The third-order valence-electron chi connectivity index (χ3n) is 3.03. The Kier molecular flexibility index (Phi) is 5.49. The number of nitrogens with zero attached hydrogens (tertiary/aromatic N) is 2. The Balaban J connectivity index is 2.45. The van der Waals surface area contributed by atoms with Crippen LogP contribution in [0.15, 0.2) is 12.4 Å². The first-order valence-electron chi connectivity index (χ1n) is 5.93. The summed E-state index contributed by atoms with van der Waals surface area (Å²) in [6.45, 7) is 9.10. The first-order chi connectivity index (χ1) is 7.69. The maximum absolute atomic E-state index is 5.02. The molecule has 92 valence electrons. The van der Waals surface area contributed by atoms with E-state index >= 15 is 0 Å². The molecule has 0 spiro atoms. The van der Waals surface area contributed by atoms with Crippen LogP contribution in [0.4, 0.5) is 0 Å². The molecule has 1 aromatic heterocycles. The number of aryl methyl sites for hydroxylation is 1. The van der Waals surface area contributed by atoms with Gasteiger partial charge in [0.05, 0.1) is 12.8 Å². The molecule has 2 atom stereocenters. The molecular formula is C12H23N3O. The van der Waals surface area contributed by atoms with Gasteiger partial charge in [-0.25, -0.2) is 0 Å². The number of nitrogens with one attached hydrogen (secondary N) is 1. The van der Waals surface area contributed by atoms with Crippen molar-refractivity contribution in [2.45, 2.75) is 39.3 Å². The zero-order chi connectivity index (χ0) is 12.0. The second-order valence-electron chi connectivity index (χ2n) is 4.15. The first kappa shape index (κ1) is 13.2. The zero-order valence-corrected chi connectivity index (χ0v) is 10.7. The van der Waals surface area contributed by atoms with E-state index in [2.05, 4.69) is 37.4 Å². The molecule has 1 N–H and O–H groups in total. The SMILES string of the molecule is CCn1cc(C(C)C(C)NCCOC)cn1. The fraction of sp³-hybridized carbons (Fsp3) is 0.750. The molecule has 0 bridgehead atoms. The predicted molar refractivity (Wildman–Crippen MR) is 65.7 cm³/mol. The van der Waals surface area contributed by atoms with Crippen molar-refractivity contribution < 1.29 is 4.74 Å². The molecule has 0 radical (unpaired) electrons. The quantitative estimate of drug-likeness (QED) is 0.717. The van der Waals surface area contributed by atoms with Crippen molar-refractivity contribution in [1.82, 2.24) is 15.1 Å². The second-order valence-corrected chi connectivity index (χ2v) is 4.15. The van der Waals surface area contributed by atoms with Crippen LogP contribution in [0.5, 0.6) is 0 Å². The molecule has 16 heavy (non-hydrogen) atoms. The normalized spacial score (nSPS) is 15.0. The molecule has 1 heterocycles. The minimum atomic E-state index is 0.435. The van der Waals surface area contributed by atoms with Gasteiger partial charge in [0.2, 0.25) is 0 Å². The minimum absolute atomic E-state index is 0.435. The number of hydrogen-bond acceptors (Lipinski definition) is 3. The Bertz CT molecular complexity index is 298. The molecule has 2 unspecified atom stereocenters. The van der Waals surface area contributed by atoms with Crippen LogP contribution in [-0.4, -0.2) is 36.1 Å². The van der Waals surface area contributed by atoms with Crippen molar-refractivity contribution in [3.05, 3.63) is 18.0 Å². The van der Waals surface area contributed by atoms with Crippen LogP contribution in [-0.2, 0) is 11.3 Å². The average molecular weight is 225 g/mol. The molecule has 0 fully saturated rings. The summed E-state index contributed by atoms with van der Waals surface area (Å²) >= 11 is 0. The number of methoxy groups -OCH3 is 1. The number of hydrogen-bond donors (Lipinski definition) is 1. The van der Waals surface area contributed by atoms with Crippen molar-refractivity contribution in [1.29, 1.82) is 0 Å². The molecule has 0 aliphatic carbocycles. The van der Waals surface area contributed by atoms with Crippen molar-refractivity contribution in [3.8, 4) is 0 Å². The minimum Gasteiger partial charge on any atom is -0.383 e. The van der Waals surface area contributed by atoms with Crippen molar-refractivity contribution in [2.75, 3.05) is 20.3 Å². The van der Waals surface area contributed by atoms with Crippen LogP contribution in [0.25, 0.3) is 0 Å². The van der Waals surface area contributed by atoms with Gasteiger partial charge < -0.3 is 10.1 Å². The van der Waals surface area contributed by atoms with E-state index in [1.807, 2.05) is 10.9 Å². The Morgan fingerprint density at radius 2 is 2.25 bits per heavy atom. The summed E-state index contributed by atoms with van der Waals surface area (Å²) in [4.78, 5) is 0. The summed E-state index contributed by atoms with van der Waals surface area (Å²) in [5.41, 5.74) is 1.29. The van der Waals surface area contributed by atoms with Crippen LogP contribution >= 0.6 is 0 Å². The maximum Gasteiger partial charge on any atom is 0.0587 e. The lowest BCUT2D eigenvalue weighted by Crippen LogP contribution is -2.33. The van der Waals surface area contributed by atoms with Gasteiger partial charge in [-0.05, 0) is 25.3 Å². The van der Waals surface area contributed by atoms with Crippen molar-refractivity contribution in [2.24, 2.45) is 0 Å². The van der Waals surface area contributed by atoms with E-state index in [-0.39, 0.29) is 0 Å². The monoisotopic (exact) mass is 225 g/mol. The Morgan fingerprint density at radius 1 is 1.50 bits per heavy atom. The largest absolute Gasteiger partial charge is 0.383 e. The molecule has 0 aliphatic rings. The number of rotatable bonds is 7. The van der Waals surface area contributed by atoms with Crippen LogP contribution in [0.2, 0.25) is 0 Å². The number of ether oxygens (including phenoxy) is 1. The van der Waals surface area contributed by atoms with E-state index in [0.717, 1.165) is 19.7 Å². The Labute approximate surface area is 98.0 Å². The fourth-order valence-electron chi connectivity index (χ4n) is 1.64. The Morgan fingerprint density at radius 3 is 2.81 bits per heavy atom. The molecule has 0 aliphatic heterocycles. The standard InChI is InChI=1S/C12H23N3O/c1-5-15-9-12(8-14-15)10(2)11(3)13-6-7-16-4/h8-11,13H,5-7H2,1-4H3. The van der Waals surface area contributed by atoms with Gasteiger partial charge in [-0.2, -0.15) is 5.10 Å². The maximum atomic E-state index is 5.02. The van der Waals surface area contributed by atoms with Crippen LogP contribution in [0.3, 0.4) is 0 Å². The van der Waals surface area contributed by atoms with Gasteiger partial charge in [-0.1, -0.05) is 6.92 Å². The van der Waals surface area contributed by atoms with Crippen molar-refractivity contribution >= 4 is 0 Å². The highest BCUT2D eigenvalue weighted by Gasteiger charge is 2.15. The lowest BCUT2D eigenvalue weighted by atomic mass is 9.97. The van der Waals surface area contributed by atoms with E-state index in [4.69, 9.17) is 4.74 Å². The van der Waals surface area contributed by atoms with Crippen LogP contribution in [0, 0.1) is 0 Å². The van der Waals surface area contributed by atoms with Gasteiger partial charge in [0, 0.05) is 32.4 Å². The van der Waals surface area contributed by atoms with Crippen molar-refractivity contribution in [3.63, 3.8) is 0 Å². The predicted octanol–water partition coefficient (Wildman–Crippen LogP) is 1.63. The lowest BCUT2D eigenvalue weighted by Gasteiger charge is -2.20. The molecule has 0 saturated carbocycles. The molecular weight excluding hydrogens is 202 g/mol. The van der Waals surface area contributed by atoms with Crippen LogP contribution in [0.1, 0.15) is 32.3 Å². The summed E-state index contributed by atoms with van der Waals surface area (Å²) in [6.07, 6.45) is 4.09. The second kappa shape index (κ2) is 6.66. The molecule has 4 nitrogen and oxygen atoms in total. The topological polar surface area (TPSA) is 39.1 Å². The van der Waals surface area contributed by atoms with Gasteiger partial charge in [0.1, 0.15) is 0 Å². The first-order valence-corrected chi connectivity index (χ1v) is 5.93. The van der Waals surface area contributed by atoms with Gasteiger partial charge in [0.25, 0.3) is 0 Å². The van der Waals surface area contributed by atoms with Gasteiger partial charge >= 0.3 is 0 Å². The average Bonchev–Trinajstić information content (AvgIpc) is 2.76. The highest BCUT2D eigenvalue weighted by Crippen LogP contribution is 2.18. The van der Waals surface area contributed by atoms with E-state index in [0.29, 0.717) is 12.0 Å². The summed E-state index contributed by atoms with van der Waals surface area (Å²) < 4.78 is 6.99. The molecule has 0 saturated heterocycles. The Hall–Kier alpha value is -0.870. The molecule has 4 heteroatoms. The van der Waals surface area contributed by atoms with E-state index in [1.165, 1.54) is 5.56 Å². The highest BCUT2D eigenvalue weighted by molar-refractivity contribution is 5.12. The summed E-state index contributed by atoms with van der Waals surface area (Å²) in [7, 11) is 1.72. The molecule has 0 amide bonds. The third-order valence-corrected chi connectivity index (χ3v) is 3.03. The van der Waals surface area contributed by atoms with Gasteiger partial charge in [0.15, 0.2) is 0 Å². The van der Waals surface area contributed by atoms with E-state index in [1.54, 1.807) is 7.11 Å². The van der Waals surface area contributed by atoms with Gasteiger partial charge in [-0.15, -0.1) is 0 Å². The fourth-order valence-corrected chi connectivity index (χ4v) is 1.64. The van der Waals surface area contributed by atoms with Gasteiger partial charge in [-0.3, -0.25) is 4.68 Å². The molecule has 1 aromatic rings. The summed E-state index contributed by atoms with van der Waals surface area (Å²) in [5.74, 6) is 0.470. The highest BCUT2D eigenvalue weighted by atomic mass is 16.5. The van der Waals surface area contributed by atoms with Crippen LogP contribution < -0.4 is 5.32 Å². The number of aromatic nitrogens is 2. The zero-order valence-electron chi connectivity index (χ0n) is 10.7. The smallest absolute Gasteiger partial charge is 0.0587 e. The summed E-state index contributed by atoms with van der Waals surface area (Å²) in [5, 5.41) is 7.75.